The average molecular weight is 223 g/mol. The Labute approximate surface area is 100 Å². The first-order valence-electron chi connectivity index (χ1n) is 5.34. The molecule has 2 aromatic carbocycles. The Morgan fingerprint density at radius 3 is 2.18 bits per heavy atom. The number of benzene rings is 2. The normalized spacial score (nSPS) is 10.4. The molecule has 0 heterocycles. The van der Waals surface area contributed by atoms with Crippen LogP contribution in [0, 0.1) is 5.41 Å². The van der Waals surface area contributed by atoms with Crippen LogP contribution in [0.2, 0.25) is 0 Å². The van der Waals surface area contributed by atoms with E-state index in [4.69, 9.17) is 5.41 Å². The lowest BCUT2D eigenvalue weighted by atomic mass is 10.2. The van der Waals surface area contributed by atoms with E-state index in [1.54, 1.807) is 6.21 Å². The van der Waals surface area contributed by atoms with Gasteiger partial charge in [-0.1, -0.05) is 60.7 Å². The van der Waals surface area contributed by atoms with E-state index in [0.29, 0.717) is 0 Å². The highest BCUT2D eigenvalue weighted by Gasteiger charge is 1.96. The molecule has 0 aromatic heterocycles. The van der Waals surface area contributed by atoms with Crippen LogP contribution < -0.4 is 5.43 Å². The zero-order chi connectivity index (χ0) is 11.9. The quantitative estimate of drug-likeness (QED) is 0.469. The lowest BCUT2D eigenvalue weighted by molar-refractivity contribution is 1.02. The lowest BCUT2D eigenvalue weighted by Crippen LogP contribution is -2.17. The van der Waals surface area contributed by atoms with Gasteiger partial charge in [-0.25, -0.2) is 0 Å². The maximum absolute atomic E-state index is 7.77. The molecule has 0 atom stereocenters. The minimum atomic E-state index is 0.290. The smallest absolute Gasteiger partial charge is 0.145 e. The van der Waals surface area contributed by atoms with E-state index in [9.17, 15) is 0 Å². The maximum Gasteiger partial charge on any atom is 0.145 e. The number of rotatable bonds is 3. The second-order valence-corrected chi connectivity index (χ2v) is 3.52. The van der Waals surface area contributed by atoms with E-state index in [2.05, 4.69) is 10.5 Å². The third kappa shape index (κ3) is 3.28. The largest absolute Gasteiger partial charge is 0.283 e. The first-order chi connectivity index (χ1) is 8.36. The van der Waals surface area contributed by atoms with Crippen LogP contribution in [-0.4, -0.2) is 12.1 Å². The van der Waals surface area contributed by atoms with Gasteiger partial charge in [-0.15, -0.1) is 0 Å². The third-order valence-electron chi connectivity index (χ3n) is 2.25. The lowest BCUT2D eigenvalue weighted by Gasteiger charge is -2.01. The van der Waals surface area contributed by atoms with Crippen LogP contribution in [0.25, 0.3) is 0 Å². The standard InChI is InChI=1S/C14H13N3/c15-14(13-9-5-2-6-10-13)17-16-11-12-7-3-1-4-8-12/h1-11H,(H2,15,17)/b16-11+. The molecule has 0 spiro atoms. The third-order valence-corrected chi connectivity index (χ3v) is 2.25. The molecule has 2 N–H and O–H groups in total. The van der Waals surface area contributed by atoms with Crippen LogP contribution in [0.4, 0.5) is 0 Å². The molecule has 2 aromatic rings. The molecule has 0 aliphatic rings. The Morgan fingerprint density at radius 1 is 0.941 bits per heavy atom. The first-order valence-corrected chi connectivity index (χ1v) is 5.34. The van der Waals surface area contributed by atoms with E-state index < -0.39 is 0 Å². The van der Waals surface area contributed by atoms with Crippen LogP contribution in [0.1, 0.15) is 11.1 Å². The highest BCUT2D eigenvalue weighted by molar-refractivity contribution is 5.96. The van der Waals surface area contributed by atoms with Crippen molar-refractivity contribution in [2.75, 3.05) is 0 Å². The van der Waals surface area contributed by atoms with Gasteiger partial charge < -0.3 is 0 Å². The van der Waals surface area contributed by atoms with Crippen LogP contribution >= 0.6 is 0 Å². The van der Waals surface area contributed by atoms with Crippen molar-refractivity contribution in [1.82, 2.24) is 5.43 Å². The Morgan fingerprint density at radius 2 is 1.53 bits per heavy atom. The molecule has 0 bridgehead atoms. The maximum atomic E-state index is 7.77. The van der Waals surface area contributed by atoms with Crippen LogP contribution in [0.5, 0.6) is 0 Å². The number of hydrogen-bond donors (Lipinski definition) is 2. The second kappa shape index (κ2) is 5.61. The molecule has 0 fully saturated rings. The van der Waals surface area contributed by atoms with Crippen molar-refractivity contribution in [3.05, 3.63) is 71.8 Å². The summed E-state index contributed by atoms with van der Waals surface area (Å²) >= 11 is 0. The zero-order valence-electron chi connectivity index (χ0n) is 9.30. The number of amidine groups is 1. The monoisotopic (exact) mass is 223 g/mol. The van der Waals surface area contributed by atoms with Gasteiger partial charge in [0.2, 0.25) is 0 Å². The summed E-state index contributed by atoms with van der Waals surface area (Å²) in [4.78, 5) is 0. The summed E-state index contributed by atoms with van der Waals surface area (Å²) in [6, 6.07) is 19.2. The Bertz CT molecular complexity index is 504. The summed E-state index contributed by atoms with van der Waals surface area (Å²) in [5, 5.41) is 11.8. The highest BCUT2D eigenvalue weighted by Crippen LogP contribution is 1.98. The molecule has 0 saturated carbocycles. The number of nitrogens with zero attached hydrogens (tertiary/aromatic N) is 1. The molecule has 3 nitrogen and oxygen atoms in total. The van der Waals surface area contributed by atoms with Crippen molar-refractivity contribution >= 4 is 12.1 Å². The number of hydrazone groups is 1. The summed E-state index contributed by atoms with van der Waals surface area (Å²) in [7, 11) is 0. The molecular weight excluding hydrogens is 210 g/mol. The van der Waals surface area contributed by atoms with Crippen molar-refractivity contribution in [2.24, 2.45) is 5.10 Å². The van der Waals surface area contributed by atoms with Crippen LogP contribution in [0.3, 0.4) is 0 Å². The molecule has 3 heteroatoms. The minimum absolute atomic E-state index is 0.290. The van der Waals surface area contributed by atoms with Gasteiger partial charge in [-0.2, -0.15) is 5.10 Å². The van der Waals surface area contributed by atoms with Crippen LogP contribution in [0.15, 0.2) is 65.8 Å². The van der Waals surface area contributed by atoms with Gasteiger partial charge in [-0.3, -0.25) is 10.8 Å². The summed E-state index contributed by atoms with van der Waals surface area (Å²) in [5.74, 6) is 0.290. The van der Waals surface area contributed by atoms with E-state index in [-0.39, 0.29) is 5.84 Å². The van der Waals surface area contributed by atoms with Gasteiger partial charge >= 0.3 is 0 Å². The van der Waals surface area contributed by atoms with E-state index >= 15 is 0 Å². The fourth-order valence-corrected chi connectivity index (χ4v) is 1.38. The first kappa shape index (κ1) is 11.1. The molecule has 84 valence electrons. The van der Waals surface area contributed by atoms with Crippen molar-refractivity contribution in [1.29, 1.82) is 5.41 Å². The molecule has 0 radical (unpaired) electrons. The van der Waals surface area contributed by atoms with E-state index in [1.165, 1.54) is 0 Å². The molecule has 17 heavy (non-hydrogen) atoms. The Kier molecular flexibility index (Phi) is 3.65. The van der Waals surface area contributed by atoms with E-state index in [1.807, 2.05) is 60.7 Å². The minimum Gasteiger partial charge on any atom is -0.283 e. The number of nitrogens with one attached hydrogen (secondary N) is 2. The van der Waals surface area contributed by atoms with Gasteiger partial charge in [0.25, 0.3) is 0 Å². The molecule has 0 amide bonds. The molecule has 0 saturated heterocycles. The zero-order valence-corrected chi connectivity index (χ0v) is 9.30. The summed E-state index contributed by atoms with van der Waals surface area (Å²) in [6.07, 6.45) is 1.69. The van der Waals surface area contributed by atoms with Gasteiger partial charge in [0.15, 0.2) is 0 Å². The Hall–Kier alpha value is -2.42. The van der Waals surface area contributed by atoms with Gasteiger partial charge in [0.1, 0.15) is 5.84 Å². The van der Waals surface area contributed by atoms with E-state index in [0.717, 1.165) is 11.1 Å². The topological polar surface area (TPSA) is 48.2 Å². The summed E-state index contributed by atoms with van der Waals surface area (Å²) in [6.45, 7) is 0. The van der Waals surface area contributed by atoms with Gasteiger partial charge in [0, 0.05) is 5.56 Å². The van der Waals surface area contributed by atoms with Crippen molar-refractivity contribution in [2.45, 2.75) is 0 Å². The predicted molar refractivity (Wildman–Crippen MR) is 70.4 cm³/mol. The van der Waals surface area contributed by atoms with Gasteiger partial charge in [0.05, 0.1) is 6.21 Å². The van der Waals surface area contributed by atoms with Gasteiger partial charge in [-0.05, 0) is 5.56 Å². The fraction of sp³-hybridized carbons (Fsp3) is 0. The molecule has 0 aliphatic carbocycles. The SMILES string of the molecule is N=C(N/N=C/c1ccccc1)c1ccccc1. The molecule has 2 rings (SSSR count). The average Bonchev–Trinajstić information content (AvgIpc) is 2.41. The molecule has 0 aliphatic heterocycles. The van der Waals surface area contributed by atoms with Crippen molar-refractivity contribution < 1.29 is 0 Å². The molecular formula is C14H13N3. The molecule has 0 unspecified atom stereocenters. The fourth-order valence-electron chi connectivity index (χ4n) is 1.38. The van der Waals surface area contributed by atoms with Crippen LogP contribution in [-0.2, 0) is 0 Å². The van der Waals surface area contributed by atoms with Crippen molar-refractivity contribution in [3.8, 4) is 0 Å². The number of hydrogen-bond acceptors (Lipinski definition) is 2. The predicted octanol–water partition coefficient (Wildman–Crippen LogP) is 2.64. The summed E-state index contributed by atoms with van der Waals surface area (Å²) < 4.78 is 0. The Balaban J connectivity index is 1.95. The highest BCUT2D eigenvalue weighted by atomic mass is 15.3. The summed E-state index contributed by atoms with van der Waals surface area (Å²) in [5.41, 5.74) is 4.52. The van der Waals surface area contributed by atoms with Crippen molar-refractivity contribution in [3.63, 3.8) is 0 Å². The second-order valence-electron chi connectivity index (χ2n) is 3.52.